The highest BCUT2D eigenvalue weighted by atomic mass is 32.1. The maximum absolute atomic E-state index is 12.4. The molecule has 104 valence electrons. The average molecular weight is 281 g/mol. The van der Waals surface area contributed by atoms with Crippen LogP contribution in [0.5, 0.6) is 0 Å². The van der Waals surface area contributed by atoms with Crippen molar-refractivity contribution in [2.45, 2.75) is 25.3 Å². The van der Waals surface area contributed by atoms with E-state index in [0.29, 0.717) is 29.2 Å². The lowest BCUT2D eigenvalue weighted by Gasteiger charge is -2.15. The molecule has 1 aliphatic heterocycles. The second kappa shape index (κ2) is 4.97. The van der Waals surface area contributed by atoms with Crippen molar-refractivity contribution < 1.29 is 4.79 Å². The summed E-state index contributed by atoms with van der Waals surface area (Å²) in [4.78, 5) is 19.0. The number of rotatable bonds is 4. The number of aromatic nitrogens is 1. The van der Waals surface area contributed by atoms with Gasteiger partial charge in [-0.25, -0.2) is 4.98 Å². The van der Waals surface area contributed by atoms with Gasteiger partial charge in [0.05, 0.1) is 0 Å². The lowest BCUT2D eigenvalue weighted by Crippen LogP contribution is -2.29. The minimum Gasteiger partial charge on any atom is -0.382 e. The summed E-state index contributed by atoms with van der Waals surface area (Å²) in [5.41, 5.74) is 11.5. The maximum Gasteiger partial charge on any atom is 0.267 e. The first kappa shape index (κ1) is 12.7. The number of nitrogens with one attached hydrogen (secondary N) is 1. The first-order chi connectivity index (χ1) is 9.17. The van der Waals surface area contributed by atoms with Crippen LogP contribution in [0, 0.1) is 5.92 Å². The van der Waals surface area contributed by atoms with Gasteiger partial charge in [0.25, 0.3) is 5.91 Å². The average Bonchev–Trinajstić information content (AvgIpc) is 2.95. The van der Waals surface area contributed by atoms with E-state index in [1.807, 2.05) is 4.90 Å². The van der Waals surface area contributed by atoms with E-state index in [-0.39, 0.29) is 5.91 Å². The number of nitrogen functional groups attached to an aromatic ring is 1. The number of amides is 1. The van der Waals surface area contributed by atoms with Crippen molar-refractivity contribution in [3.05, 3.63) is 4.88 Å². The number of hydrogen-bond donors (Lipinski definition) is 3. The van der Waals surface area contributed by atoms with E-state index in [0.717, 1.165) is 24.6 Å². The Morgan fingerprint density at radius 3 is 2.89 bits per heavy atom. The van der Waals surface area contributed by atoms with Gasteiger partial charge in [-0.15, -0.1) is 0 Å². The van der Waals surface area contributed by atoms with Crippen molar-refractivity contribution in [3.8, 4) is 0 Å². The van der Waals surface area contributed by atoms with Gasteiger partial charge >= 0.3 is 0 Å². The molecule has 2 aliphatic rings. The van der Waals surface area contributed by atoms with Crippen molar-refractivity contribution >= 4 is 28.2 Å². The molecule has 0 bridgehead atoms. The van der Waals surface area contributed by atoms with Crippen molar-refractivity contribution in [1.82, 2.24) is 9.88 Å². The van der Waals surface area contributed by atoms with Gasteiger partial charge in [-0.2, -0.15) is 0 Å². The second-order valence-electron chi connectivity index (χ2n) is 5.29. The van der Waals surface area contributed by atoms with E-state index in [1.54, 1.807) is 0 Å². The third-order valence-corrected chi connectivity index (χ3v) is 4.65. The SMILES string of the molecule is NCC1CCN(C(=O)c2sc(NC3CC3)nc2N)C1. The van der Waals surface area contributed by atoms with Crippen LogP contribution in [0.25, 0.3) is 0 Å². The van der Waals surface area contributed by atoms with Crippen LogP contribution in [-0.4, -0.2) is 41.5 Å². The molecule has 1 amide bonds. The van der Waals surface area contributed by atoms with Crippen LogP contribution in [0.4, 0.5) is 10.9 Å². The summed E-state index contributed by atoms with van der Waals surface area (Å²) in [7, 11) is 0. The monoisotopic (exact) mass is 281 g/mol. The molecular formula is C12H19N5OS. The third-order valence-electron chi connectivity index (χ3n) is 3.66. The quantitative estimate of drug-likeness (QED) is 0.755. The fourth-order valence-corrected chi connectivity index (χ4v) is 3.23. The molecule has 0 radical (unpaired) electrons. The number of nitrogens with two attached hydrogens (primary N) is 2. The minimum atomic E-state index is -0.00482. The van der Waals surface area contributed by atoms with Crippen LogP contribution >= 0.6 is 11.3 Å². The summed E-state index contributed by atoms with van der Waals surface area (Å²) < 4.78 is 0. The predicted octanol–water partition coefficient (Wildman–Crippen LogP) is 0.720. The Morgan fingerprint density at radius 2 is 2.26 bits per heavy atom. The smallest absolute Gasteiger partial charge is 0.267 e. The van der Waals surface area contributed by atoms with E-state index in [9.17, 15) is 4.79 Å². The Labute approximate surface area is 116 Å². The molecule has 7 heteroatoms. The van der Waals surface area contributed by atoms with Gasteiger partial charge in [0.1, 0.15) is 10.7 Å². The Morgan fingerprint density at radius 1 is 1.47 bits per heavy atom. The zero-order valence-electron chi connectivity index (χ0n) is 10.8. The van der Waals surface area contributed by atoms with Crippen LogP contribution in [0.1, 0.15) is 28.9 Å². The summed E-state index contributed by atoms with van der Waals surface area (Å²) in [6, 6.07) is 0.516. The van der Waals surface area contributed by atoms with Gasteiger partial charge in [0.2, 0.25) is 0 Å². The number of nitrogens with zero attached hydrogens (tertiary/aromatic N) is 2. The van der Waals surface area contributed by atoms with E-state index in [4.69, 9.17) is 11.5 Å². The zero-order valence-corrected chi connectivity index (χ0v) is 11.6. The van der Waals surface area contributed by atoms with Crippen LogP contribution in [0.3, 0.4) is 0 Å². The van der Waals surface area contributed by atoms with E-state index in [1.165, 1.54) is 24.2 Å². The molecule has 1 aromatic heterocycles. The van der Waals surface area contributed by atoms with Gasteiger partial charge in [0, 0.05) is 19.1 Å². The number of anilines is 2. The summed E-state index contributed by atoms with van der Waals surface area (Å²) in [6.45, 7) is 2.14. The molecule has 19 heavy (non-hydrogen) atoms. The molecule has 1 saturated heterocycles. The Kier molecular flexibility index (Phi) is 3.32. The zero-order chi connectivity index (χ0) is 13.4. The van der Waals surface area contributed by atoms with Gasteiger partial charge in [-0.1, -0.05) is 11.3 Å². The number of likely N-dealkylation sites (tertiary alicyclic amines) is 1. The van der Waals surface area contributed by atoms with Gasteiger partial charge in [-0.05, 0) is 31.7 Å². The molecule has 1 aromatic rings. The Bertz CT molecular complexity index is 484. The fraction of sp³-hybridized carbons (Fsp3) is 0.667. The maximum atomic E-state index is 12.4. The van der Waals surface area contributed by atoms with Crippen LogP contribution < -0.4 is 16.8 Å². The van der Waals surface area contributed by atoms with Crippen molar-refractivity contribution in [2.24, 2.45) is 11.7 Å². The summed E-state index contributed by atoms with van der Waals surface area (Å²) in [5, 5.41) is 4.04. The van der Waals surface area contributed by atoms with Crippen molar-refractivity contribution in [2.75, 3.05) is 30.7 Å². The molecule has 6 nitrogen and oxygen atoms in total. The summed E-state index contributed by atoms with van der Waals surface area (Å²) in [6.07, 6.45) is 3.33. The second-order valence-corrected chi connectivity index (χ2v) is 6.29. The highest BCUT2D eigenvalue weighted by Gasteiger charge is 2.30. The lowest BCUT2D eigenvalue weighted by molar-refractivity contribution is 0.0793. The number of hydrogen-bond acceptors (Lipinski definition) is 6. The van der Waals surface area contributed by atoms with Crippen LogP contribution in [0.15, 0.2) is 0 Å². The topological polar surface area (TPSA) is 97.3 Å². The first-order valence-corrected chi connectivity index (χ1v) is 7.51. The van der Waals surface area contributed by atoms with Crippen LogP contribution in [0.2, 0.25) is 0 Å². The predicted molar refractivity (Wildman–Crippen MR) is 76.2 cm³/mol. The summed E-state index contributed by atoms with van der Waals surface area (Å²) in [5.74, 6) is 0.756. The highest BCUT2D eigenvalue weighted by molar-refractivity contribution is 7.18. The molecule has 1 saturated carbocycles. The molecule has 1 unspecified atom stereocenters. The molecule has 5 N–H and O–H groups in total. The van der Waals surface area contributed by atoms with Crippen LogP contribution in [-0.2, 0) is 0 Å². The molecule has 3 rings (SSSR count). The highest BCUT2D eigenvalue weighted by Crippen LogP contribution is 2.32. The Balaban J connectivity index is 1.70. The minimum absolute atomic E-state index is 0.00482. The lowest BCUT2D eigenvalue weighted by atomic mass is 10.1. The molecule has 0 aromatic carbocycles. The first-order valence-electron chi connectivity index (χ1n) is 6.69. The summed E-state index contributed by atoms with van der Waals surface area (Å²) >= 11 is 1.36. The van der Waals surface area contributed by atoms with E-state index < -0.39 is 0 Å². The fourth-order valence-electron chi connectivity index (χ4n) is 2.30. The molecule has 1 atom stereocenters. The molecular weight excluding hydrogens is 262 g/mol. The third kappa shape index (κ3) is 2.66. The number of thiazole rings is 1. The number of carbonyl (C=O) groups is 1. The number of carbonyl (C=O) groups excluding carboxylic acids is 1. The van der Waals surface area contributed by atoms with E-state index in [2.05, 4.69) is 10.3 Å². The van der Waals surface area contributed by atoms with Gasteiger partial charge < -0.3 is 21.7 Å². The standard InChI is InChI=1S/C12H19N5OS/c13-5-7-3-4-17(6-7)11(18)9-10(14)16-12(19-9)15-8-1-2-8/h7-8H,1-6,13-14H2,(H,15,16). The normalized spacial score (nSPS) is 22.8. The van der Waals surface area contributed by atoms with Crippen molar-refractivity contribution in [3.63, 3.8) is 0 Å². The van der Waals surface area contributed by atoms with E-state index >= 15 is 0 Å². The Hall–Kier alpha value is -1.34. The van der Waals surface area contributed by atoms with Gasteiger partial charge in [0.15, 0.2) is 5.13 Å². The van der Waals surface area contributed by atoms with Gasteiger partial charge in [-0.3, -0.25) is 4.79 Å². The molecule has 1 aliphatic carbocycles. The molecule has 2 fully saturated rings. The van der Waals surface area contributed by atoms with Crippen molar-refractivity contribution in [1.29, 1.82) is 0 Å². The largest absolute Gasteiger partial charge is 0.382 e. The molecule has 0 spiro atoms. The molecule has 2 heterocycles.